The molecule has 1 aliphatic rings. The molecule has 0 bridgehead atoms. The summed E-state index contributed by atoms with van der Waals surface area (Å²) in [6.07, 6.45) is 26.0. The fourth-order valence-corrected chi connectivity index (χ4v) is 1.21. The molecule has 0 aromatic heterocycles. The van der Waals surface area contributed by atoms with E-state index >= 15 is 0 Å². The lowest BCUT2D eigenvalue weighted by atomic mass is 10.2. The van der Waals surface area contributed by atoms with Crippen molar-refractivity contribution in [1.82, 2.24) is 0 Å². The Morgan fingerprint density at radius 2 is 0.929 bits per heavy atom. The zero-order valence-electron chi connectivity index (χ0n) is 8.60. The molecular weight excluding hydrogens is 168 g/mol. The Labute approximate surface area is 87.0 Å². The van der Waals surface area contributed by atoms with Gasteiger partial charge >= 0.3 is 0 Å². The van der Waals surface area contributed by atoms with Crippen molar-refractivity contribution in [2.75, 3.05) is 0 Å². The summed E-state index contributed by atoms with van der Waals surface area (Å²) >= 11 is 0. The van der Waals surface area contributed by atoms with Crippen molar-refractivity contribution >= 4 is 0 Å². The molecule has 1 aliphatic carbocycles. The monoisotopic (exact) mass is 186 g/mol. The van der Waals surface area contributed by atoms with E-state index in [2.05, 4.69) is 60.8 Å². The van der Waals surface area contributed by atoms with Gasteiger partial charge in [0.05, 0.1) is 0 Å². The molecule has 0 aliphatic heterocycles. The second-order valence-electron chi connectivity index (χ2n) is 3.23. The predicted octanol–water partition coefficient (Wildman–Crippen LogP) is 4.34. The van der Waals surface area contributed by atoms with Crippen molar-refractivity contribution in [2.24, 2.45) is 0 Å². The number of hydrogen-bond donors (Lipinski definition) is 0. The highest BCUT2D eigenvalue weighted by atomic mass is 13.8. The van der Waals surface area contributed by atoms with Crippen molar-refractivity contribution in [3.05, 3.63) is 60.8 Å². The molecule has 74 valence electrons. The van der Waals surface area contributed by atoms with Gasteiger partial charge in [0.2, 0.25) is 0 Å². The van der Waals surface area contributed by atoms with Crippen molar-refractivity contribution < 1.29 is 0 Å². The first-order chi connectivity index (χ1) is 7.00. The molecule has 14 heavy (non-hydrogen) atoms. The lowest BCUT2D eigenvalue weighted by Gasteiger charge is -1.87. The Bertz CT molecular complexity index is 262. The van der Waals surface area contributed by atoms with Gasteiger partial charge in [-0.1, -0.05) is 60.8 Å². The summed E-state index contributed by atoms with van der Waals surface area (Å²) in [6.45, 7) is 0. The standard InChI is InChI=1S/C14H18/c1-2-4-6-8-10-12-14-13-11-9-7-5-3-1/h1-4,7-11,13H,5-6,12,14H2/b3-1-,4-2+,9-7-,10-8+,13-11?. The molecule has 0 N–H and O–H groups in total. The van der Waals surface area contributed by atoms with Crippen molar-refractivity contribution in [2.45, 2.75) is 25.7 Å². The Morgan fingerprint density at radius 1 is 0.429 bits per heavy atom. The van der Waals surface area contributed by atoms with Gasteiger partial charge in [-0.2, -0.15) is 0 Å². The minimum atomic E-state index is 1.02. The van der Waals surface area contributed by atoms with Gasteiger partial charge in [-0.25, -0.2) is 0 Å². The van der Waals surface area contributed by atoms with Crippen LogP contribution in [0.5, 0.6) is 0 Å². The van der Waals surface area contributed by atoms with Crippen LogP contribution < -0.4 is 0 Å². The smallest absolute Gasteiger partial charge is 0.0163 e. The second-order valence-corrected chi connectivity index (χ2v) is 3.23. The average Bonchev–Trinajstić information content (AvgIpc) is 2.22. The van der Waals surface area contributed by atoms with E-state index in [-0.39, 0.29) is 0 Å². The third kappa shape index (κ3) is 6.24. The van der Waals surface area contributed by atoms with E-state index < -0.39 is 0 Å². The van der Waals surface area contributed by atoms with E-state index in [1.165, 1.54) is 0 Å². The second kappa shape index (κ2) is 8.31. The molecule has 0 nitrogen and oxygen atoms in total. The molecule has 0 aromatic rings. The van der Waals surface area contributed by atoms with Crippen LogP contribution in [0, 0.1) is 0 Å². The lowest BCUT2D eigenvalue weighted by molar-refractivity contribution is 1.04. The van der Waals surface area contributed by atoms with Crippen LogP contribution in [0.15, 0.2) is 60.8 Å². The molecule has 0 radical (unpaired) electrons. The van der Waals surface area contributed by atoms with Crippen LogP contribution in [-0.2, 0) is 0 Å². The van der Waals surface area contributed by atoms with Crippen molar-refractivity contribution in [3.63, 3.8) is 0 Å². The number of hydrogen-bond acceptors (Lipinski definition) is 0. The predicted molar refractivity (Wildman–Crippen MR) is 64.2 cm³/mol. The van der Waals surface area contributed by atoms with Crippen LogP contribution in [0.3, 0.4) is 0 Å². The fourth-order valence-electron chi connectivity index (χ4n) is 1.21. The first kappa shape index (κ1) is 10.8. The van der Waals surface area contributed by atoms with Crippen LogP contribution in [0.25, 0.3) is 0 Å². The maximum absolute atomic E-state index is 2.24. The zero-order valence-corrected chi connectivity index (χ0v) is 8.60. The normalized spacial score (nSPS) is 27.4. The summed E-state index contributed by atoms with van der Waals surface area (Å²) in [6, 6.07) is 0. The van der Waals surface area contributed by atoms with E-state index in [1.54, 1.807) is 0 Å². The fraction of sp³-hybridized carbons (Fsp3) is 0.286. The molecule has 0 heteroatoms. The molecule has 0 saturated heterocycles. The van der Waals surface area contributed by atoms with Gasteiger partial charge < -0.3 is 0 Å². The molecule has 0 spiro atoms. The van der Waals surface area contributed by atoms with Crippen LogP contribution >= 0.6 is 0 Å². The van der Waals surface area contributed by atoms with Crippen molar-refractivity contribution in [3.8, 4) is 0 Å². The molecule has 0 fully saturated rings. The van der Waals surface area contributed by atoms with Gasteiger partial charge in [-0.05, 0) is 25.7 Å². The van der Waals surface area contributed by atoms with Gasteiger partial charge in [0.1, 0.15) is 0 Å². The Hall–Kier alpha value is -1.30. The van der Waals surface area contributed by atoms with Crippen LogP contribution in [0.1, 0.15) is 25.7 Å². The van der Waals surface area contributed by atoms with E-state index in [4.69, 9.17) is 0 Å². The Morgan fingerprint density at radius 3 is 1.64 bits per heavy atom. The van der Waals surface area contributed by atoms with E-state index in [0.29, 0.717) is 0 Å². The summed E-state index contributed by atoms with van der Waals surface area (Å²) in [7, 11) is 0. The highest BCUT2D eigenvalue weighted by Gasteiger charge is 1.76. The van der Waals surface area contributed by atoms with E-state index in [9.17, 15) is 0 Å². The summed E-state index contributed by atoms with van der Waals surface area (Å²) in [5.41, 5.74) is 0. The molecule has 0 unspecified atom stereocenters. The van der Waals surface area contributed by atoms with Crippen LogP contribution in [-0.4, -0.2) is 0 Å². The molecule has 0 aromatic carbocycles. The van der Waals surface area contributed by atoms with Gasteiger partial charge in [0.15, 0.2) is 0 Å². The van der Waals surface area contributed by atoms with Crippen molar-refractivity contribution in [1.29, 1.82) is 0 Å². The van der Waals surface area contributed by atoms with Crippen LogP contribution in [0.4, 0.5) is 0 Å². The molecule has 0 heterocycles. The maximum atomic E-state index is 2.24. The number of allylic oxidation sites excluding steroid dienone is 10. The highest BCUT2D eigenvalue weighted by molar-refractivity contribution is 5.10. The summed E-state index contributed by atoms with van der Waals surface area (Å²) in [5, 5.41) is 0. The van der Waals surface area contributed by atoms with E-state index in [0.717, 1.165) is 25.7 Å². The first-order valence-corrected chi connectivity index (χ1v) is 5.28. The topological polar surface area (TPSA) is 0 Å². The summed E-state index contributed by atoms with van der Waals surface area (Å²) in [4.78, 5) is 0. The summed E-state index contributed by atoms with van der Waals surface area (Å²) < 4.78 is 0. The Kier molecular flexibility index (Phi) is 6.39. The highest BCUT2D eigenvalue weighted by Crippen LogP contribution is 1.97. The van der Waals surface area contributed by atoms with Gasteiger partial charge in [0.25, 0.3) is 0 Å². The largest absolute Gasteiger partial charge is 0.0879 e. The van der Waals surface area contributed by atoms with Crippen LogP contribution in [0.2, 0.25) is 0 Å². The maximum Gasteiger partial charge on any atom is -0.0163 e. The lowest BCUT2D eigenvalue weighted by Crippen LogP contribution is -1.66. The average molecular weight is 186 g/mol. The third-order valence-corrected chi connectivity index (χ3v) is 1.98. The molecule has 0 amide bonds. The van der Waals surface area contributed by atoms with Gasteiger partial charge in [-0.3, -0.25) is 0 Å². The quantitative estimate of drug-likeness (QED) is 0.494. The van der Waals surface area contributed by atoms with E-state index in [1.807, 2.05) is 0 Å². The molecule has 0 saturated carbocycles. The first-order valence-electron chi connectivity index (χ1n) is 5.28. The van der Waals surface area contributed by atoms with Gasteiger partial charge in [0, 0.05) is 0 Å². The minimum Gasteiger partial charge on any atom is -0.0879 e. The number of rotatable bonds is 0. The Balaban J connectivity index is 2.45. The summed E-state index contributed by atoms with van der Waals surface area (Å²) in [5.74, 6) is 0. The molecule has 0 atom stereocenters. The van der Waals surface area contributed by atoms with Gasteiger partial charge in [-0.15, -0.1) is 0 Å². The zero-order chi connectivity index (χ0) is 9.90. The molecular formula is C14H18. The third-order valence-electron chi connectivity index (χ3n) is 1.98. The SMILES string of the molecule is C1=CCC/C=C/C/C=C/C=C\C/C=C\1. The molecule has 1 rings (SSSR count). The minimum absolute atomic E-state index is 1.02.